The van der Waals surface area contributed by atoms with Gasteiger partial charge < -0.3 is 16.4 Å². The van der Waals surface area contributed by atoms with Crippen LogP contribution in [0, 0.1) is 23.4 Å². The molecule has 2 unspecified atom stereocenters. The van der Waals surface area contributed by atoms with Gasteiger partial charge in [-0.15, -0.1) is 23.2 Å². The van der Waals surface area contributed by atoms with E-state index in [1.54, 1.807) is 0 Å². The standard InChI is InChI=1S/C24H13Cl4F6N3O2/c25-10-2-5-13(18(26)15(10)21(38)37-14-6-4-12(30)20(35)19(14)31)36-22(39)17-16(23(17,27)28)8-1-3-11(29)9(7-8)24(32,33)34/h1-7,16-17H,35H2,(H,36,39)(H,37,38). The molecule has 0 aliphatic heterocycles. The van der Waals surface area contributed by atoms with Crippen molar-refractivity contribution in [1.29, 1.82) is 0 Å². The topological polar surface area (TPSA) is 84.2 Å². The van der Waals surface area contributed by atoms with Gasteiger partial charge in [0.15, 0.2) is 5.82 Å². The number of benzene rings is 3. The first kappa shape index (κ1) is 29.1. The van der Waals surface area contributed by atoms with Crippen LogP contribution in [0.5, 0.6) is 0 Å². The molecule has 4 rings (SSSR count). The first-order valence-corrected chi connectivity index (χ1v) is 12.1. The third-order valence-electron chi connectivity index (χ3n) is 5.94. The summed E-state index contributed by atoms with van der Waals surface area (Å²) in [6.45, 7) is 0. The third-order valence-corrected chi connectivity index (χ3v) is 7.59. The van der Waals surface area contributed by atoms with Crippen molar-refractivity contribution in [2.45, 2.75) is 16.4 Å². The summed E-state index contributed by atoms with van der Waals surface area (Å²) in [4.78, 5) is 25.8. The molecule has 2 amide bonds. The van der Waals surface area contributed by atoms with E-state index in [4.69, 9.17) is 52.1 Å². The van der Waals surface area contributed by atoms with Gasteiger partial charge in [-0.3, -0.25) is 9.59 Å². The SMILES string of the molecule is Nc1c(F)ccc(NC(=O)c2c(Cl)ccc(NC(=O)C3C(c4ccc(F)c(C(F)(F)F)c4)C3(Cl)Cl)c2Cl)c1F. The monoisotopic (exact) mass is 629 g/mol. The van der Waals surface area contributed by atoms with Gasteiger partial charge >= 0.3 is 6.18 Å². The summed E-state index contributed by atoms with van der Waals surface area (Å²) >= 11 is 24.7. The third kappa shape index (κ3) is 5.45. The van der Waals surface area contributed by atoms with Gasteiger partial charge in [-0.05, 0) is 42.0 Å². The number of carbonyl (C=O) groups excluding carboxylic acids is 2. The molecule has 0 saturated heterocycles. The van der Waals surface area contributed by atoms with Crippen LogP contribution in [0.3, 0.4) is 0 Å². The van der Waals surface area contributed by atoms with E-state index in [1.165, 1.54) is 12.1 Å². The second-order valence-corrected chi connectivity index (χ2v) is 10.6. The van der Waals surface area contributed by atoms with Crippen LogP contribution in [0.2, 0.25) is 10.0 Å². The van der Waals surface area contributed by atoms with Crippen LogP contribution in [0.25, 0.3) is 0 Å². The number of hydrogen-bond acceptors (Lipinski definition) is 3. The fraction of sp³-hybridized carbons (Fsp3) is 0.167. The van der Waals surface area contributed by atoms with E-state index in [9.17, 15) is 35.9 Å². The predicted molar refractivity (Wildman–Crippen MR) is 136 cm³/mol. The van der Waals surface area contributed by atoms with E-state index < -0.39 is 79.1 Å². The van der Waals surface area contributed by atoms with Crippen molar-refractivity contribution < 1.29 is 35.9 Å². The second-order valence-electron chi connectivity index (χ2n) is 8.42. The van der Waals surface area contributed by atoms with E-state index in [1.807, 2.05) is 0 Å². The lowest BCUT2D eigenvalue weighted by molar-refractivity contribution is -0.140. The summed E-state index contributed by atoms with van der Waals surface area (Å²) in [5.74, 6) is -8.13. The minimum absolute atomic E-state index is 0.128. The van der Waals surface area contributed by atoms with Gasteiger partial charge in [0.05, 0.1) is 38.5 Å². The molecule has 1 saturated carbocycles. The van der Waals surface area contributed by atoms with E-state index in [0.717, 1.165) is 18.2 Å². The molecule has 39 heavy (non-hydrogen) atoms. The highest BCUT2D eigenvalue weighted by Crippen LogP contribution is 2.65. The van der Waals surface area contributed by atoms with E-state index >= 15 is 0 Å². The minimum atomic E-state index is -5.00. The lowest BCUT2D eigenvalue weighted by atomic mass is 10.0. The minimum Gasteiger partial charge on any atom is -0.394 e. The number of anilines is 3. The Balaban J connectivity index is 1.58. The second kappa shape index (κ2) is 10.3. The molecule has 0 spiro atoms. The van der Waals surface area contributed by atoms with E-state index in [2.05, 4.69) is 10.6 Å². The lowest BCUT2D eigenvalue weighted by Gasteiger charge is -2.14. The molecule has 5 nitrogen and oxygen atoms in total. The molecule has 3 aromatic rings. The summed E-state index contributed by atoms with van der Waals surface area (Å²) in [5, 5.41) is 3.93. The van der Waals surface area contributed by atoms with Crippen LogP contribution in [0.1, 0.15) is 27.4 Å². The molecule has 1 aliphatic rings. The molecule has 206 valence electrons. The number of nitrogens with one attached hydrogen (secondary N) is 2. The maximum Gasteiger partial charge on any atom is 0.419 e. The largest absolute Gasteiger partial charge is 0.419 e. The van der Waals surface area contributed by atoms with Crippen molar-refractivity contribution >= 4 is 75.3 Å². The van der Waals surface area contributed by atoms with Crippen molar-refractivity contribution in [3.63, 3.8) is 0 Å². The Bertz CT molecular complexity index is 1520. The number of rotatable bonds is 5. The number of alkyl halides is 5. The number of hydrogen-bond donors (Lipinski definition) is 3. The molecule has 3 aromatic carbocycles. The molecule has 0 aromatic heterocycles. The van der Waals surface area contributed by atoms with Crippen LogP contribution in [-0.2, 0) is 11.0 Å². The van der Waals surface area contributed by atoms with Gasteiger partial charge in [0.2, 0.25) is 5.91 Å². The summed E-state index contributed by atoms with van der Waals surface area (Å²) in [7, 11) is 0. The van der Waals surface area contributed by atoms with Gasteiger partial charge in [0.25, 0.3) is 5.91 Å². The Morgan fingerprint density at radius 2 is 1.51 bits per heavy atom. The summed E-state index contributed by atoms with van der Waals surface area (Å²) in [5.41, 5.74) is 1.73. The van der Waals surface area contributed by atoms with Crippen molar-refractivity contribution in [2.75, 3.05) is 16.4 Å². The highest BCUT2D eigenvalue weighted by Gasteiger charge is 2.67. The zero-order valence-corrected chi connectivity index (χ0v) is 21.9. The molecule has 0 bridgehead atoms. The Labute approximate surface area is 236 Å². The zero-order chi connectivity index (χ0) is 29.0. The number of nitrogens with two attached hydrogens (primary N) is 1. The Hall–Kier alpha value is -2.86. The summed E-state index contributed by atoms with van der Waals surface area (Å²) < 4.78 is 78.9. The molecule has 1 aliphatic carbocycles. The Morgan fingerprint density at radius 3 is 2.15 bits per heavy atom. The van der Waals surface area contributed by atoms with E-state index in [0.29, 0.717) is 12.1 Å². The number of halogens is 10. The van der Waals surface area contributed by atoms with Crippen LogP contribution >= 0.6 is 46.4 Å². The summed E-state index contributed by atoms with van der Waals surface area (Å²) in [6.07, 6.45) is -5.00. The highest BCUT2D eigenvalue weighted by atomic mass is 35.5. The fourth-order valence-electron chi connectivity index (χ4n) is 3.94. The van der Waals surface area contributed by atoms with Crippen LogP contribution in [0.4, 0.5) is 43.4 Å². The average Bonchev–Trinajstić information content (AvgIpc) is 3.42. The predicted octanol–water partition coefficient (Wildman–Crippen LogP) is 7.79. The molecule has 1 fully saturated rings. The fourth-order valence-corrected chi connectivity index (χ4v) is 5.36. The highest BCUT2D eigenvalue weighted by molar-refractivity contribution is 6.53. The maximum atomic E-state index is 14.2. The zero-order valence-electron chi connectivity index (χ0n) is 18.9. The lowest BCUT2D eigenvalue weighted by Crippen LogP contribution is -2.19. The van der Waals surface area contributed by atoms with Crippen LogP contribution in [0.15, 0.2) is 42.5 Å². The molecule has 15 heteroatoms. The first-order chi connectivity index (χ1) is 18.1. The number of carbonyl (C=O) groups is 2. The van der Waals surface area contributed by atoms with Crippen molar-refractivity contribution in [3.05, 3.63) is 86.7 Å². The maximum absolute atomic E-state index is 14.2. The smallest absolute Gasteiger partial charge is 0.394 e. The average molecular weight is 631 g/mol. The molecule has 0 heterocycles. The Morgan fingerprint density at radius 1 is 0.897 bits per heavy atom. The van der Waals surface area contributed by atoms with Gasteiger partial charge in [-0.25, -0.2) is 13.2 Å². The molecule has 4 N–H and O–H groups in total. The molecule has 0 radical (unpaired) electrons. The quantitative estimate of drug-likeness (QED) is 0.153. The first-order valence-electron chi connectivity index (χ1n) is 10.6. The van der Waals surface area contributed by atoms with Gasteiger partial charge in [-0.2, -0.15) is 13.2 Å². The molecule has 2 atom stereocenters. The van der Waals surface area contributed by atoms with Gasteiger partial charge in [-0.1, -0.05) is 29.3 Å². The van der Waals surface area contributed by atoms with Crippen molar-refractivity contribution in [1.82, 2.24) is 0 Å². The van der Waals surface area contributed by atoms with Crippen molar-refractivity contribution in [3.8, 4) is 0 Å². The van der Waals surface area contributed by atoms with Crippen LogP contribution < -0.4 is 16.4 Å². The van der Waals surface area contributed by atoms with Gasteiger partial charge in [0, 0.05) is 5.92 Å². The molecular weight excluding hydrogens is 618 g/mol. The van der Waals surface area contributed by atoms with E-state index in [-0.39, 0.29) is 16.3 Å². The van der Waals surface area contributed by atoms with Gasteiger partial charge in [0.1, 0.15) is 21.7 Å². The van der Waals surface area contributed by atoms with Crippen molar-refractivity contribution in [2.24, 2.45) is 5.92 Å². The normalized spacial score (nSPS) is 18.0. The summed E-state index contributed by atoms with van der Waals surface area (Å²) in [6, 6.07) is 6.28. The number of amides is 2. The van der Waals surface area contributed by atoms with Crippen LogP contribution in [-0.4, -0.2) is 16.1 Å². The number of nitrogen functional groups attached to an aromatic ring is 1. The Kier molecular flexibility index (Phi) is 7.67. The molecular formula is C24H13Cl4F6N3O2.